The van der Waals surface area contributed by atoms with Gasteiger partial charge >= 0.3 is 0 Å². The summed E-state index contributed by atoms with van der Waals surface area (Å²) in [4.78, 5) is 13.0. The van der Waals surface area contributed by atoms with Crippen molar-refractivity contribution in [2.45, 2.75) is 26.3 Å². The number of hydrazone groups is 1. The van der Waals surface area contributed by atoms with E-state index in [1.54, 1.807) is 23.3 Å². The molecule has 0 N–H and O–H groups in total. The molecule has 0 saturated carbocycles. The minimum atomic E-state index is -0.00742. The van der Waals surface area contributed by atoms with Gasteiger partial charge in [-0.1, -0.05) is 30.3 Å². The van der Waals surface area contributed by atoms with Crippen LogP contribution in [0.25, 0.3) is 0 Å². The fourth-order valence-electron chi connectivity index (χ4n) is 2.56. The number of aryl methyl sites for hydroxylation is 1. The molecule has 0 radical (unpaired) electrons. The van der Waals surface area contributed by atoms with E-state index in [0.29, 0.717) is 0 Å². The quantitative estimate of drug-likeness (QED) is 0.826. The van der Waals surface area contributed by atoms with Crippen LogP contribution >= 0.6 is 11.3 Å². The molecule has 0 fully saturated rings. The molecular formula is C16H16N2OS. The Morgan fingerprint density at radius 2 is 2.10 bits per heavy atom. The Bertz CT molecular complexity index is 661. The standard InChI is InChI=1S/C16H16N2OS/c1-11-6-3-4-7-13(11)14-10-15(16-8-5-9-20-16)18(17-14)12(2)19/h3-9,15H,10H2,1-2H3. The largest absolute Gasteiger partial charge is 0.273 e. The minimum Gasteiger partial charge on any atom is -0.273 e. The molecule has 4 heteroatoms. The number of rotatable bonds is 2. The van der Waals surface area contributed by atoms with Gasteiger partial charge in [0.15, 0.2) is 0 Å². The summed E-state index contributed by atoms with van der Waals surface area (Å²) in [5.41, 5.74) is 3.33. The lowest BCUT2D eigenvalue weighted by Gasteiger charge is -2.18. The smallest absolute Gasteiger partial charge is 0.240 e. The first kappa shape index (κ1) is 13.1. The van der Waals surface area contributed by atoms with Crippen molar-refractivity contribution < 1.29 is 4.79 Å². The first-order valence-electron chi connectivity index (χ1n) is 6.63. The van der Waals surface area contributed by atoms with E-state index in [1.807, 2.05) is 23.6 Å². The maximum atomic E-state index is 11.8. The van der Waals surface area contributed by atoms with E-state index < -0.39 is 0 Å². The SMILES string of the molecule is CC(=O)N1N=C(c2ccccc2C)CC1c1cccs1. The van der Waals surface area contributed by atoms with Crippen molar-refractivity contribution in [2.75, 3.05) is 0 Å². The molecule has 0 aliphatic carbocycles. The summed E-state index contributed by atoms with van der Waals surface area (Å²) in [5.74, 6) is -0.00742. The fraction of sp³-hybridized carbons (Fsp3) is 0.250. The molecule has 3 rings (SSSR count). The van der Waals surface area contributed by atoms with Gasteiger partial charge in [-0.15, -0.1) is 11.3 Å². The molecule has 20 heavy (non-hydrogen) atoms. The van der Waals surface area contributed by atoms with Gasteiger partial charge in [-0.2, -0.15) is 5.10 Å². The van der Waals surface area contributed by atoms with E-state index in [2.05, 4.69) is 30.2 Å². The zero-order valence-corrected chi connectivity index (χ0v) is 12.4. The topological polar surface area (TPSA) is 32.7 Å². The van der Waals surface area contributed by atoms with Crippen LogP contribution in [0.4, 0.5) is 0 Å². The molecule has 0 bridgehead atoms. The van der Waals surface area contributed by atoms with Crippen LogP contribution in [0.2, 0.25) is 0 Å². The molecular weight excluding hydrogens is 268 g/mol. The van der Waals surface area contributed by atoms with E-state index in [-0.39, 0.29) is 11.9 Å². The van der Waals surface area contributed by atoms with Crippen LogP contribution in [-0.2, 0) is 4.79 Å². The van der Waals surface area contributed by atoms with Crippen LogP contribution in [0.5, 0.6) is 0 Å². The summed E-state index contributed by atoms with van der Waals surface area (Å²) >= 11 is 1.68. The highest BCUT2D eigenvalue weighted by Crippen LogP contribution is 2.35. The van der Waals surface area contributed by atoms with E-state index >= 15 is 0 Å². The highest BCUT2D eigenvalue weighted by molar-refractivity contribution is 7.10. The third kappa shape index (κ3) is 2.27. The van der Waals surface area contributed by atoms with Gasteiger partial charge < -0.3 is 0 Å². The molecule has 1 aromatic carbocycles. The minimum absolute atomic E-state index is 0.00742. The molecule has 1 aliphatic rings. The lowest BCUT2D eigenvalue weighted by atomic mass is 9.99. The first-order chi connectivity index (χ1) is 9.66. The highest BCUT2D eigenvalue weighted by atomic mass is 32.1. The summed E-state index contributed by atoms with van der Waals surface area (Å²) in [6, 6.07) is 12.3. The van der Waals surface area contributed by atoms with Crippen molar-refractivity contribution in [1.82, 2.24) is 5.01 Å². The number of carbonyl (C=O) groups excluding carboxylic acids is 1. The summed E-state index contributed by atoms with van der Waals surface area (Å²) < 4.78 is 0. The molecule has 1 unspecified atom stereocenters. The Hall–Kier alpha value is -1.94. The molecule has 1 atom stereocenters. The van der Waals surface area contributed by atoms with Gasteiger partial charge in [-0.3, -0.25) is 4.79 Å². The lowest BCUT2D eigenvalue weighted by molar-refractivity contribution is -0.130. The summed E-state index contributed by atoms with van der Waals surface area (Å²) in [5, 5.41) is 8.22. The molecule has 1 aliphatic heterocycles. The molecule has 2 aromatic rings. The highest BCUT2D eigenvalue weighted by Gasteiger charge is 2.32. The summed E-state index contributed by atoms with van der Waals surface area (Å²) in [6.07, 6.45) is 0.783. The Morgan fingerprint density at radius 3 is 2.75 bits per heavy atom. The second-order valence-electron chi connectivity index (χ2n) is 4.96. The Labute approximate surface area is 122 Å². The number of carbonyl (C=O) groups is 1. The number of nitrogens with zero attached hydrogens (tertiary/aromatic N) is 2. The maximum absolute atomic E-state index is 11.8. The van der Waals surface area contributed by atoms with E-state index in [0.717, 1.165) is 17.7 Å². The number of hydrogen-bond donors (Lipinski definition) is 0. The van der Waals surface area contributed by atoms with Crippen LogP contribution < -0.4 is 0 Å². The molecule has 0 spiro atoms. The average Bonchev–Trinajstić information content (AvgIpc) is 3.08. The zero-order valence-electron chi connectivity index (χ0n) is 11.5. The van der Waals surface area contributed by atoms with Gasteiger partial charge in [0.25, 0.3) is 0 Å². The monoisotopic (exact) mass is 284 g/mol. The molecule has 1 amide bonds. The molecule has 3 nitrogen and oxygen atoms in total. The van der Waals surface area contributed by atoms with Gasteiger partial charge in [-0.25, -0.2) is 5.01 Å². The van der Waals surface area contributed by atoms with Gasteiger partial charge in [0, 0.05) is 23.8 Å². The van der Waals surface area contributed by atoms with E-state index in [4.69, 9.17) is 0 Å². The summed E-state index contributed by atoms with van der Waals surface area (Å²) in [7, 11) is 0. The van der Waals surface area contributed by atoms with Crippen LogP contribution in [-0.4, -0.2) is 16.6 Å². The number of benzene rings is 1. The maximum Gasteiger partial charge on any atom is 0.240 e. The lowest BCUT2D eigenvalue weighted by Crippen LogP contribution is -2.23. The van der Waals surface area contributed by atoms with Crippen LogP contribution in [0, 0.1) is 6.92 Å². The van der Waals surface area contributed by atoms with E-state index in [9.17, 15) is 4.79 Å². The number of amides is 1. The van der Waals surface area contributed by atoms with Crippen LogP contribution in [0.15, 0.2) is 46.9 Å². The van der Waals surface area contributed by atoms with Gasteiger partial charge in [0.1, 0.15) is 0 Å². The third-order valence-electron chi connectivity index (χ3n) is 3.56. The number of thiophene rings is 1. The second-order valence-corrected chi connectivity index (χ2v) is 5.94. The van der Waals surface area contributed by atoms with Crippen molar-refractivity contribution in [1.29, 1.82) is 0 Å². The van der Waals surface area contributed by atoms with Gasteiger partial charge in [0.2, 0.25) is 5.91 Å². The predicted octanol–water partition coefficient (Wildman–Crippen LogP) is 3.75. The predicted molar refractivity (Wildman–Crippen MR) is 81.9 cm³/mol. The van der Waals surface area contributed by atoms with Crippen molar-refractivity contribution >= 4 is 23.0 Å². The van der Waals surface area contributed by atoms with Crippen molar-refractivity contribution in [3.05, 3.63) is 57.8 Å². The molecule has 102 valence electrons. The van der Waals surface area contributed by atoms with Gasteiger partial charge in [-0.05, 0) is 23.9 Å². The molecule has 2 heterocycles. The zero-order chi connectivity index (χ0) is 14.1. The molecule has 0 saturated heterocycles. The second kappa shape index (κ2) is 5.21. The van der Waals surface area contributed by atoms with Crippen molar-refractivity contribution in [3.63, 3.8) is 0 Å². The Balaban J connectivity index is 1.97. The van der Waals surface area contributed by atoms with E-state index in [1.165, 1.54) is 10.4 Å². The van der Waals surface area contributed by atoms with Crippen LogP contribution in [0.3, 0.4) is 0 Å². The number of hydrogen-bond acceptors (Lipinski definition) is 3. The molecule has 1 aromatic heterocycles. The normalized spacial score (nSPS) is 18.2. The van der Waals surface area contributed by atoms with Crippen LogP contribution in [0.1, 0.15) is 35.4 Å². The van der Waals surface area contributed by atoms with Crippen molar-refractivity contribution in [3.8, 4) is 0 Å². The first-order valence-corrected chi connectivity index (χ1v) is 7.51. The van der Waals surface area contributed by atoms with Gasteiger partial charge in [0.05, 0.1) is 11.8 Å². The summed E-state index contributed by atoms with van der Waals surface area (Å²) in [6.45, 7) is 3.65. The van der Waals surface area contributed by atoms with Crippen molar-refractivity contribution in [2.24, 2.45) is 5.10 Å². The fourth-order valence-corrected chi connectivity index (χ4v) is 3.37. The average molecular weight is 284 g/mol. The Kier molecular flexibility index (Phi) is 3.40. The third-order valence-corrected chi connectivity index (χ3v) is 4.53. The Morgan fingerprint density at radius 1 is 1.30 bits per heavy atom.